The summed E-state index contributed by atoms with van der Waals surface area (Å²) in [4.78, 5) is 38.0. The lowest BCUT2D eigenvalue weighted by Crippen LogP contribution is -2.39. The summed E-state index contributed by atoms with van der Waals surface area (Å²) in [6.07, 6.45) is 1.80. The van der Waals surface area contributed by atoms with Crippen LogP contribution in [0.3, 0.4) is 0 Å². The second-order valence-electron chi connectivity index (χ2n) is 7.20. The highest BCUT2D eigenvalue weighted by Gasteiger charge is 2.25. The summed E-state index contributed by atoms with van der Waals surface area (Å²) in [5, 5.41) is 2.83. The van der Waals surface area contributed by atoms with Gasteiger partial charge in [-0.25, -0.2) is 0 Å². The van der Waals surface area contributed by atoms with Crippen LogP contribution in [0.15, 0.2) is 54.6 Å². The van der Waals surface area contributed by atoms with E-state index in [1.807, 2.05) is 37.3 Å². The molecule has 0 fully saturated rings. The van der Waals surface area contributed by atoms with Crippen LogP contribution in [0, 0.1) is 0 Å². The number of amides is 2. The number of carbonyl (C=O) groups is 3. The van der Waals surface area contributed by atoms with Gasteiger partial charge in [-0.15, -0.1) is 0 Å². The van der Waals surface area contributed by atoms with E-state index in [1.165, 1.54) is 10.5 Å². The topological polar surface area (TPSA) is 84.9 Å². The Hall–Kier alpha value is -3.35. The van der Waals surface area contributed by atoms with Crippen molar-refractivity contribution >= 4 is 23.5 Å². The molecule has 2 amide bonds. The zero-order chi connectivity index (χ0) is 21.3. The molecule has 0 aromatic heterocycles. The molecule has 2 aromatic rings. The summed E-state index contributed by atoms with van der Waals surface area (Å²) in [6, 6.07) is 17.0. The average molecular weight is 410 g/mol. The molecule has 30 heavy (non-hydrogen) atoms. The third kappa shape index (κ3) is 6.07. The molecule has 1 aliphatic heterocycles. The van der Waals surface area contributed by atoms with Gasteiger partial charge >= 0.3 is 5.97 Å². The number of hydrogen-bond acceptors (Lipinski definition) is 5. The molecule has 2 aromatic carbocycles. The molecule has 7 nitrogen and oxygen atoms in total. The van der Waals surface area contributed by atoms with Crippen LogP contribution in [-0.4, -0.2) is 43.6 Å². The highest BCUT2D eigenvalue weighted by molar-refractivity contribution is 5.99. The van der Waals surface area contributed by atoms with Gasteiger partial charge in [-0.05, 0) is 37.5 Å². The number of esters is 1. The van der Waals surface area contributed by atoms with Gasteiger partial charge in [0.25, 0.3) is 5.91 Å². The molecule has 0 radical (unpaired) electrons. The Morgan fingerprint density at radius 3 is 2.67 bits per heavy atom. The number of para-hydroxylation sites is 2. The van der Waals surface area contributed by atoms with Crippen LogP contribution in [-0.2, 0) is 25.5 Å². The number of ether oxygens (including phenoxy) is 2. The van der Waals surface area contributed by atoms with Crippen molar-refractivity contribution in [1.82, 2.24) is 5.32 Å². The summed E-state index contributed by atoms with van der Waals surface area (Å²) in [6.45, 7) is 1.52. The molecule has 1 aliphatic rings. The fourth-order valence-corrected chi connectivity index (χ4v) is 3.23. The van der Waals surface area contributed by atoms with Crippen molar-refractivity contribution in [1.29, 1.82) is 0 Å². The first-order valence-corrected chi connectivity index (χ1v) is 10.0. The minimum atomic E-state index is -0.646. The second kappa shape index (κ2) is 10.4. The van der Waals surface area contributed by atoms with E-state index < -0.39 is 5.97 Å². The van der Waals surface area contributed by atoms with E-state index >= 15 is 0 Å². The van der Waals surface area contributed by atoms with Gasteiger partial charge in [0.1, 0.15) is 12.3 Å². The maximum Gasteiger partial charge on any atom is 0.326 e. The Morgan fingerprint density at radius 1 is 1.13 bits per heavy atom. The molecule has 1 heterocycles. The van der Waals surface area contributed by atoms with Gasteiger partial charge in [0.15, 0.2) is 6.61 Å². The highest BCUT2D eigenvalue weighted by atomic mass is 16.5. The third-order valence-corrected chi connectivity index (χ3v) is 4.80. The molecule has 1 N–H and O–H groups in total. The Bertz CT molecular complexity index is 884. The Morgan fingerprint density at radius 2 is 1.87 bits per heavy atom. The number of anilines is 1. The molecule has 158 valence electrons. The lowest BCUT2D eigenvalue weighted by molar-refractivity contribution is -0.147. The summed E-state index contributed by atoms with van der Waals surface area (Å²) >= 11 is 0. The number of hydrogen-bond donors (Lipinski definition) is 1. The van der Waals surface area contributed by atoms with Crippen LogP contribution in [0.1, 0.15) is 25.3 Å². The Balaban J connectivity index is 1.45. The molecule has 0 unspecified atom stereocenters. The van der Waals surface area contributed by atoms with Gasteiger partial charge in [-0.1, -0.05) is 42.5 Å². The van der Waals surface area contributed by atoms with Crippen molar-refractivity contribution in [2.24, 2.45) is 0 Å². The van der Waals surface area contributed by atoms with Gasteiger partial charge in [0.05, 0.1) is 18.7 Å². The van der Waals surface area contributed by atoms with Crippen molar-refractivity contribution in [3.05, 3.63) is 60.2 Å². The smallest absolute Gasteiger partial charge is 0.326 e. The first-order valence-electron chi connectivity index (χ1n) is 10.0. The van der Waals surface area contributed by atoms with Crippen molar-refractivity contribution in [2.45, 2.75) is 32.2 Å². The number of rotatable bonds is 8. The summed E-state index contributed by atoms with van der Waals surface area (Å²) < 4.78 is 10.6. The second-order valence-corrected chi connectivity index (χ2v) is 7.20. The van der Waals surface area contributed by atoms with E-state index in [0.717, 1.165) is 12.8 Å². The predicted octanol–water partition coefficient (Wildman–Crippen LogP) is 2.48. The standard InChI is InChI=1S/C23H26N2O5/c1-17(11-12-18-7-3-2-4-8-18)24-21(26)16-30-23(28)15-25-19-9-5-6-10-20(19)29-14-13-22(25)27/h2-10,17H,11-16H2,1H3,(H,24,26)/t17-/m0/s1. The van der Waals surface area contributed by atoms with Gasteiger partial charge in [-0.3, -0.25) is 19.3 Å². The van der Waals surface area contributed by atoms with Gasteiger partial charge in [0.2, 0.25) is 5.91 Å². The fraction of sp³-hybridized carbons (Fsp3) is 0.348. The van der Waals surface area contributed by atoms with Crippen LogP contribution in [0.2, 0.25) is 0 Å². The van der Waals surface area contributed by atoms with E-state index in [-0.39, 0.29) is 44.0 Å². The molecule has 0 aliphatic carbocycles. The summed E-state index contributed by atoms with van der Waals surface area (Å²) in [7, 11) is 0. The highest BCUT2D eigenvalue weighted by Crippen LogP contribution is 2.30. The molecule has 3 rings (SSSR count). The third-order valence-electron chi connectivity index (χ3n) is 4.80. The maximum atomic E-state index is 12.3. The summed E-state index contributed by atoms with van der Waals surface area (Å²) in [5.74, 6) is -0.695. The molecular weight excluding hydrogens is 384 g/mol. The molecule has 0 bridgehead atoms. The molecule has 1 atom stereocenters. The minimum Gasteiger partial charge on any atom is -0.491 e. The van der Waals surface area contributed by atoms with Crippen LogP contribution < -0.4 is 15.0 Å². The number of benzene rings is 2. The quantitative estimate of drug-likeness (QED) is 0.676. The number of nitrogens with zero attached hydrogens (tertiary/aromatic N) is 1. The zero-order valence-corrected chi connectivity index (χ0v) is 17.0. The monoisotopic (exact) mass is 410 g/mol. The number of nitrogens with one attached hydrogen (secondary N) is 1. The van der Waals surface area contributed by atoms with Crippen molar-refractivity contribution in [2.75, 3.05) is 24.7 Å². The molecular formula is C23H26N2O5. The lowest BCUT2D eigenvalue weighted by atomic mass is 10.1. The average Bonchev–Trinajstić information content (AvgIpc) is 2.90. The van der Waals surface area contributed by atoms with Crippen LogP contribution in [0.25, 0.3) is 0 Å². The van der Waals surface area contributed by atoms with E-state index in [0.29, 0.717) is 11.4 Å². The Kier molecular flexibility index (Phi) is 7.43. The molecule has 0 spiro atoms. The van der Waals surface area contributed by atoms with Gasteiger partial charge < -0.3 is 14.8 Å². The fourth-order valence-electron chi connectivity index (χ4n) is 3.23. The van der Waals surface area contributed by atoms with Gasteiger partial charge in [-0.2, -0.15) is 0 Å². The van der Waals surface area contributed by atoms with Gasteiger partial charge in [0, 0.05) is 6.04 Å². The first kappa shape index (κ1) is 21.4. The van der Waals surface area contributed by atoms with Crippen molar-refractivity contribution < 1.29 is 23.9 Å². The van der Waals surface area contributed by atoms with Crippen molar-refractivity contribution in [3.63, 3.8) is 0 Å². The number of aryl methyl sites for hydroxylation is 1. The SMILES string of the molecule is C[C@@H](CCc1ccccc1)NC(=O)COC(=O)CN1C(=O)CCOc2ccccc21. The van der Waals surface area contributed by atoms with E-state index in [2.05, 4.69) is 5.32 Å². The largest absolute Gasteiger partial charge is 0.491 e. The lowest BCUT2D eigenvalue weighted by Gasteiger charge is -2.21. The summed E-state index contributed by atoms with van der Waals surface area (Å²) in [5.41, 5.74) is 1.73. The molecule has 0 saturated carbocycles. The number of fused-ring (bicyclic) bond motifs is 1. The van der Waals surface area contributed by atoms with Crippen LogP contribution >= 0.6 is 0 Å². The minimum absolute atomic E-state index is 0.0485. The van der Waals surface area contributed by atoms with Crippen LogP contribution in [0.5, 0.6) is 5.75 Å². The van der Waals surface area contributed by atoms with E-state index in [1.54, 1.807) is 24.3 Å². The molecule has 0 saturated heterocycles. The predicted molar refractivity (Wildman–Crippen MR) is 112 cm³/mol. The number of carbonyl (C=O) groups excluding carboxylic acids is 3. The molecule has 7 heteroatoms. The van der Waals surface area contributed by atoms with Crippen LogP contribution in [0.4, 0.5) is 5.69 Å². The van der Waals surface area contributed by atoms with Crippen molar-refractivity contribution in [3.8, 4) is 5.75 Å². The zero-order valence-electron chi connectivity index (χ0n) is 17.0. The maximum absolute atomic E-state index is 12.3. The Labute approximate surface area is 176 Å². The first-order chi connectivity index (χ1) is 14.5. The normalized spacial score (nSPS) is 14.2. The van der Waals surface area contributed by atoms with E-state index in [9.17, 15) is 14.4 Å². The van der Waals surface area contributed by atoms with E-state index in [4.69, 9.17) is 9.47 Å².